The van der Waals surface area contributed by atoms with Gasteiger partial charge in [-0.3, -0.25) is 5.84 Å². The number of methoxy groups -OCH3 is 1. The van der Waals surface area contributed by atoms with Crippen LogP contribution in [0.3, 0.4) is 0 Å². The maximum Gasteiger partial charge on any atom is 0.146 e. The summed E-state index contributed by atoms with van der Waals surface area (Å²) in [5, 5.41) is 0. The SMILES string of the molecule is COc1cccc(CC(NN)c2ncccn2)c1. The van der Waals surface area contributed by atoms with E-state index in [2.05, 4.69) is 15.4 Å². The van der Waals surface area contributed by atoms with E-state index in [1.54, 1.807) is 25.6 Å². The Labute approximate surface area is 106 Å². The Morgan fingerprint density at radius 2 is 2.06 bits per heavy atom. The summed E-state index contributed by atoms with van der Waals surface area (Å²) in [4.78, 5) is 8.41. The van der Waals surface area contributed by atoms with E-state index < -0.39 is 0 Å². The van der Waals surface area contributed by atoms with Crippen LogP contribution >= 0.6 is 0 Å². The zero-order valence-corrected chi connectivity index (χ0v) is 10.2. The molecule has 1 heterocycles. The molecule has 0 saturated heterocycles. The molecule has 0 amide bonds. The highest BCUT2D eigenvalue weighted by molar-refractivity contribution is 5.29. The van der Waals surface area contributed by atoms with E-state index >= 15 is 0 Å². The lowest BCUT2D eigenvalue weighted by Gasteiger charge is -2.14. The Bertz CT molecular complexity index is 489. The van der Waals surface area contributed by atoms with E-state index in [4.69, 9.17) is 10.6 Å². The molecule has 0 aliphatic rings. The first-order valence-corrected chi connectivity index (χ1v) is 5.69. The standard InChI is InChI=1S/C13H16N4O/c1-18-11-5-2-4-10(8-11)9-12(17-14)13-15-6-3-7-16-13/h2-8,12,17H,9,14H2,1H3. The minimum Gasteiger partial charge on any atom is -0.497 e. The van der Waals surface area contributed by atoms with Crippen LogP contribution in [0.5, 0.6) is 5.75 Å². The first-order valence-electron chi connectivity index (χ1n) is 5.69. The van der Waals surface area contributed by atoms with Crippen LogP contribution in [0.2, 0.25) is 0 Å². The van der Waals surface area contributed by atoms with Crippen molar-refractivity contribution in [3.05, 3.63) is 54.1 Å². The van der Waals surface area contributed by atoms with E-state index in [9.17, 15) is 0 Å². The summed E-state index contributed by atoms with van der Waals surface area (Å²) in [7, 11) is 1.65. The van der Waals surface area contributed by atoms with E-state index in [0.717, 1.165) is 11.3 Å². The fourth-order valence-electron chi connectivity index (χ4n) is 1.75. The van der Waals surface area contributed by atoms with Crippen molar-refractivity contribution in [3.8, 4) is 5.75 Å². The molecule has 0 radical (unpaired) electrons. The van der Waals surface area contributed by atoms with Gasteiger partial charge < -0.3 is 4.74 Å². The van der Waals surface area contributed by atoms with Crippen molar-refractivity contribution in [1.82, 2.24) is 15.4 Å². The molecule has 0 aliphatic heterocycles. The van der Waals surface area contributed by atoms with Gasteiger partial charge in [-0.15, -0.1) is 0 Å². The lowest BCUT2D eigenvalue weighted by molar-refractivity contribution is 0.413. The Morgan fingerprint density at radius 1 is 1.28 bits per heavy atom. The largest absolute Gasteiger partial charge is 0.497 e. The molecule has 5 nitrogen and oxygen atoms in total. The first kappa shape index (κ1) is 12.5. The summed E-state index contributed by atoms with van der Waals surface area (Å²) in [6, 6.07) is 9.53. The molecule has 0 spiro atoms. The molecule has 18 heavy (non-hydrogen) atoms. The number of hydrogen-bond acceptors (Lipinski definition) is 5. The average Bonchev–Trinajstić information content (AvgIpc) is 2.46. The summed E-state index contributed by atoms with van der Waals surface area (Å²) in [6.45, 7) is 0. The highest BCUT2D eigenvalue weighted by Gasteiger charge is 2.13. The van der Waals surface area contributed by atoms with Gasteiger partial charge in [-0.05, 0) is 30.2 Å². The van der Waals surface area contributed by atoms with Gasteiger partial charge in [0.1, 0.15) is 11.6 Å². The number of benzene rings is 1. The van der Waals surface area contributed by atoms with Crippen molar-refractivity contribution in [3.63, 3.8) is 0 Å². The Hall–Kier alpha value is -1.98. The molecule has 94 valence electrons. The average molecular weight is 244 g/mol. The highest BCUT2D eigenvalue weighted by Crippen LogP contribution is 2.18. The second-order valence-electron chi connectivity index (χ2n) is 3.88. The van der Waals surface area contributed by atoms with Gasteiger partial charge in [0.05, 0.1) is 13.2 Å². The van der Waals surface area contributed by atoms with Crippen LogP contribution in [0.1, 0.15) is 17.4 Å². The zero-order chi connectivity index (χ0) is 12.8. The lowest BCUT2D eigenvalue weighted by Crippen LogP contribution is -2.30. The molecular formula is C13H16N4O. The maximum atomic E-state index is 5.56. The van der Waals surface area contributed by atoms with Crippen LogP contribution in [0.25, 0.3) is 0 Å². The second-order valence-corrected chi connectivity index (χ2v) is 3.88. The summed E-state index contributed by atoms with van der Waals surface area (Å²) in [6.07, 6.45) is 4.12. The van der Waals surface area contributed by atoms with Crippen LogP contribution in [-0.4, -0.2) is 17.1 Å². The molecule has 1 aromatic heterocycles. The quantitative estimate of drug-likeness (QED) is 0.611. The molecule has 1 atom stereocenters. The second kappa shape index (κ2) is 6.09. The number of nitrogens with zero attached hydrogens (tertiary/aromatic N) is 2. The normalized spacial score (nSPS) is 12.1. The van der Waals surface area contributed by atoms with Gasteiger partial charge in [-0.2, -0.15) is 0 Å². The minimum absolute atomic E-state index is 0.113. The van der Waals surface area contributed by atoms with Gasteiger partial charge >= 0.3 is 0 Å². The fraction of sp³-hybridized carbons (Fsp3) is 0.231. The van der Waals surface area contributed by atoms with Crippen LogP contribution in [0.4, 0.5) is 0 Å². The third-order valence-electron chi connectivity index (χ3n) is 2.67. The summed E-state index contributed by atoms with van der Waals surface area (Å²) in [5.74, 6) is 7.08. The van der Waals surface area contributed by atoms with Crippen LogP contribution in [0.15, 0.2) is 42.7 Å². The smallest absolute Gasteiger partial charge is 0.146 e. The molecule has 0 bridgehead atoms. The Balaban J connectivity index is 2.15. The van der Waals surface area contributed by atoms with Crippen molar-refractivity contribution in [2.75, 3.05) is 7.11 Å². The minimum atomic E-state index is -0.113. The number of aromatic nitrogens is 2. The molecule has 1 aromatic carbocycles. The predicted molar refractivity (Wildman–Crippen MR) is 68.8 cm³/mol. The topological polar surface area (TPSA) is 73.1 Å². The van der Waals surface area contributed by atoms with E-state index in [1.165, 1.54) is 0 Å². The van der Waals surface area contributed by atoms with Crippen molar-refractivity contribution in [2.45, 2.75) is 12.5 Å². The highest BCUT2D eigenvalue weighted by atomic mass is 16.5. The molecule has 0 fully saturated rings. The van der Waals surface area contributed by atoms with Gasteiger partial charge in [0.2, 0.25) is 0 Å². The number of rotatable bonds is 5. The molecule has 1 unspecified atom stereocenters. The molecular weight excluding hydrogens is 228 g/mol. The Kier molecular flexibility index (Phi) is 4.22. The number of hydrogen-bond donors (Lipinski definition) is 2. The number of hydrazine groups is 1. The lowest BCUT2D eigenvalue weighted by atomic mass is 10.1. The third kappa shape index (κ3) is 3.03. The fourth-order valence-corrected chi connectivity index (χ4v) is 1.75. The van der Waals surface area contributed by atoms with Gasteiger partial charge in [-0.25, -0.2) is 15.4 Å². The maximum absolute atomic E-state index is 5.56. The molecule has 3 N–H and O–H groups in total. The summed E-state index contributed by atoms with van der Waals surface area (Å²) >= 11 is 0. The molecule has 0 aliphatic carbocycles. The third-order valence-corrected chi connectivity index (χ3v) is 2.67. The van der Waals surface area contributed by atoms with E-state index in [-0.39, 0.29) is 6.04 Å². The Morgan fingerprint density at radius 3 is 2.72 bits per heavy atom. The molecule has 2 aromatic rings. The van der Waals surface area contributed by atoms with Gasteiger partial charge in [0.15, 0.2) is 0 Å². The first-order chi connectivity index (χ1) is 8.83. The van der Waals surface area contributed by atoms with Crippen LogP contribution in [-0.2, 0) is 6.42 Å². The van der Waals surface area contributed by atoms with Crippen molar-refractivity contribution >= 4 is 0 Å². The molecule has 5 heteroatoms. The van der Waals surface area contributed by atoms with Crippen molar-refractivity contribution < 1.29 is 4.74 Å². The summed E-state index contributed by atoms with van der Waals surface area (Å²) < 4.78 is 5.19. The zero-order valence-electron chi connectivity index (χ0n) is 10.2. The predicted octanol–water partition coefficient (Wildman–Crippen LogP) is 1.23. The number of ether oxygens (including phenoxy) is 1. The van der Waals surface area contributed by atoms with E-state index in [0.29, 0.717) is 12.2 Å². The van der Waals surface area contributed by atoms with Crippen molar-refractivity contribution in [2.24, 2.45) is 5.84 Å². The van der Waals surface area contributed by atoms with Gasteiger partial charge in [-0.1, -0.05) is 12.1 Å². The van der Waals surface area contributed by atoms with Gasteiger partial charge in [0, 0.05) is 12.4 Å². The monoisotopic (exact) mass is 244 g/mol. The van der Waals surface area contributed by atoms with Crippen LogP contribution in [0, 0.1) is 0 Å². The van der Waals surface area contributed by atoms with Gasteiger partial charge in [0.25, 0.3) is 0 Å². The van der Waals surface area contributed by atoms with E-state index in [1.807, 2.05) is 24.3 Å². The van der Waals surface area contributed by atoms with Crippen LogP contribution < -0.4 is 16.0 Å². The molecule has 0 saturated carbocycles. The van der Waals surface area contributed by atoms with Crippen molar-refractivity contribution in [1.29, 1.82) is 0 Å². The summed E-state index contributed by atoms with van der Waals surface area (Å²) in [5.41, 5.74) is 3.85. The number of nitrogens with two attached hydrogens (primary N) is 1. The number of nitrogens with one attached hydrogen (secondary N) is 1. The molecule has 2 rings (SSSR count).